The van der Waals surface area contributed by atoms with Crippen LogP contribution in [0.25, 0.3) is 0 Å². The van der Waals surface area contributed by atoms with E-state index >= 15 is 0 Å². The van der Waals surface area contributed by atoms with Gasteiger partial charge in [0.05, 0.1) is 0 Å². The standard InChI is InChI=1S/C10H19NO2/c1-8-5-4-6-10(7-8,13-3)9(12)11-2/h8H,4-7H2,1-3H3,(H,11,12). The quantitative estimate of drug-likeness (QED) is 0.704. The van der Waals surface area contributed by atoms with Gasteiger partial charge in [0.2, 0.25) is 0 Å². The molecule has 0 aromatic carbocycles. The number of likely N-dealkylation sites (N-methyl/N-ethyl adjacent to an activating group) is 1. The van der Waals surface area contributed by atoms with Gasteiger partial charge in [0.1, 0.15) is 5.60 Å². The van der Waals surface area contributed by atoms with E-state index in [1.807, 2.05) is 0 Å². The molecule has 1 saturated carbocycles. The summed E-state index contributed by atoms with van der Waals surface area (Å²) in [5, 5.41) is 2.68. The maximum Gasteiger partial charge on any atom is 0.251 e. The zero-order valence-electron chi connectivity index (χ0n) is 8.72. The fourth-order valence-corrected chi connectivity index (χ4v) is 2.22. The second-order valence-electron chi connectivity index (χ2n) is 3.98. The maximum atomic E-state index is 11.6. The second kappa shape index (κ2) is 4.09. The number of nitrogens with one attached hydrogen (secondary N) is 1. The van der Waals surface area contributed by atoms with Crippen LogP contribution in [0, 0.1) is 5.92 Å². The van der Waals surface area contributed by atoms with Crippen molar-refractivity contribution in [1.82, 2.24) is 5.32 Å². The summed E-state index contributed by atoms with van der Waals surface area (Å²) in [7, 11) is 3.30. The molecule has 3 nitrogen and oxygen atoms in total. The SMILES string of the molecule is CNC(=O)C1(OC)CCCC(C)C1. The predicted molar refractivity (Wildman–Crippen MR) is 51.4 cm³/mol. The molecule has 1 N–H and O–H groups in total. The average Bonchev–Trinajstić information content (AvgIpc) is 2.16. The number of rotatable bonds is 2. The number of carbonyl (C=O) groups excluding carboxylic acids is 1. The van der Waals surface area contributed by atoms with E-state index in [1.54, 1.807) is 14.2 Å². The van der Waals surface area contributed by atoms with Crippen molar-refractivity contribution in [1.29, 1.82) is 0 Å². The van der Waals surface area contributed by atoms with Crippen molar-refractivity contribution >= 4 is 5.91 Å². The lowest BCUT2D eigenvalue weighted by Gasteiger charge is -2.36. The lowest BCUT2D eigenvalue weighted by Crippen LogP contribution is -2.49. The summed E-state index contributed by atoms with van der Waals surface area (Å²) < 4.78 is 5.39. The fraction of sp³-hybridized carbons (Fsp3) is 0.900. The van der Waals surface area contributed by atoms with Gasteiger partial charge in [-0.2, -0.15) is 0 Å². The Bertz CT molecular complexity index is 193. The van der Waals surface area contributed by atoms with Crippen LogP contribution in [-0.4, -0.2) is 25.7 Å². The molecule has 76 valence electrons. The summed E-state index contributed by atoms with van der Waals surface area (Å²) in [5.74, 6) is 0.618. The highest BCUT2D eigenvalue weighted by Crippen LogP contribution is 2.34. The molecule has 0 aromatic heterocycles. The molecule has 1 aliphatic carbocycles. The Labute approximate surface area is 79.8 Å². The average molecular weight is 185 g/mol. The van der Waals surface area contributed by atoms with Crippen molar-refractivity contribution in [3.63, 3.8) is 0 Å². The van der Waals surface area contributed by atoms with Crippen molar-refractivity contribution in [2.75, 3.05) is 14.2 Å². The number of carbonyl (C=O) groups is 1. The van der Waals surface area contributed by atoms with Crippen molar-refractivity contribution in [2.45, 2.75) is 38.2 Å². The van der Waals surface area contributed by atoms with Gasteiger partial charge in [-0.1, -0.05) is 13.3 Å². The van der Waals surface area contributed by atoms with Gasteiger partial charge in [0.15, 0.2) is 0 Å². The molecule has 3 heteroatoms. The van der Waals surface area contributed by atoms with Crippen LogP contribution in [0.5, 0.6) is 0 Å². The van der Waals surface area contributed by atoms with Crippen molar-refractivity contribution < 1.29 is 9.53 Å². The minimum Gasteiger partial charge on any atom is -0.368 e. The molecule has 2 atom stereocenters. The Kier molecular flexibility index (Phi) is 3.31. The number of amides is 1. The molecule has 1 aliphatic rings. The van der Waals surface area contributed by atoms with Crippen LogP contribution in [0.2, 0.25) is 0 Å². The van der Waals surface area contributed by atoms with Gasteiger partial charge in [0.25, 0.3) is 5.91 Å². The topological polar surface area (TPSA) is 38.3 Å². The van der Waals surface area contributed by atoms with Gasteiger partial charge < -0.3 is 10.1 Å². The molecule has 0 heterocycles. The fourth-order valence-electron chi connectivity index (χ4n) is 2.22. The Balaban J connectivity index is 2.73. The normalized spacial score (nSPS) is 34.2. The molecule has 0 saturated heterocycles. The molecule has 0 aromatic rings. The highest BCUT2D eigenvalue weighted by atomic mass is 16.5. The van der Waals surface area contributed by atoms with Crippen LogP contribution in [0.15, 0.2) is 0 Å². The highest BCUT2D eigenvalue weighted by Gasteiger charge is 2.41. The van der Waals surface area contributed by atoms with E-state index < -0.39 is 5.60 Å². The summed E-state index contributed by atoms with van der Waals surface area (Å²) in [4.78, 5) is 11.6. The summed E-state index contributed by atoms with van der Waals surface area (Å²) >= 11 is 0. The van der Waals surface area contributed by atoms with Gasteiger partial charge in [0, 0.05) is 14.2 Å². The first kappa shape index (κ1) is 10.5. The lowest BCUT2D eigenvalue weighted by molar-refractivity contribution is -0.148. The second-order valence-corrected chi connectivity index (χ2v) is 3.98. The minimum absolute atomic E-state index is 0.0292. The molecule has 1 rings (SSSR count). The smallest absolute Gasteiger partial charge is 0.251 e. The predicted octanol–water partition coefficient (Wildman–Crippen LogP) is 1.33. The van der Waals surface area contributed by atoms with Crippen LogP contribution < -0.4 is 5.32 Å². The van der Waals surface area contributed by atoms with Crippen LogP contribution >= 0.6 is 0 Å². The van der Waals surface area contributed by atoms with Gasteiger partial charge in [-0.05, 0) is 25.2 Å². The van der Waals surface area contributed by atoms with E-state index in [0.29, 0.717) is 5.92 Å². The summed E-state index contributed by atoms with van der Waals surface area (Å²) in [6.07, 6.45) is 4.00. The van der Waals surface area contributed by atoms with E-state index in [2.05, 4.69) is 12.2 Å². The lowest BCUT2D eigenvalue weighted by atomic mass is 9.78. The van der Waals surface area contributed by atoms with Crippen LogP contribution in [0.1, 0.15) is 32.6 Å². The zero-order chi connectivity index (χ0) is 9.90. The third-order valence-electron chi connectivity index (χ3n) is 2.99. The Hall–Kier alpha value is -0.570. The van der Waals surface area contributed by atoms with E-state index in [9.17, 15) is 4.79 Å². The molecular formula is C10H19NO2. The maximum absolute atomic E-state index is 11.6. The summed E-state index contributed by atoms with van der Waals surface area (Å²) in [5.41, 5.74) is -0.549. The Morgan fingerprint density at radius 3 is 2.77 bits per heavy atom. The van der Waals surface area contributed by atoms with Crippen LogP contribution in [0.3, 0.4) is 0 Å². The number of ether oxygens (including phenoxy) is 1. The van der Waals surface area contributed by atoms with E-state index in [1.165, 1.54) is 6.42 Å². The first-order chi connectivity index (χ1) is 6.14. The molecular weight excluding hydrogens is 166 g/mol. The van der Waals surface area contributed by atoms with Gasteiger partial charge in [-0.25, -0.2) is 0 Å². The molecule has 1 fully saturated rings. The molecule has 1 amide bonds. The Morgan fingerprint density at radius 2 is 2.31 bits per heavy atom. The van der Waals surface area contributed by atoms with Gasteiger partial charge >= 0.3 is 0 Å². The molecule has 0 bridgehead atoms. The van der Waals surface area contributed by atoms with Crippen molar-refractivity contribution in [3.8, 4) is 0 Å². The third kappa shape index (κ3) is 2.02. The largest absolute Gasteiger partial charge is 0.368 e. The molecule has 2 unspecified atom stereocenters. The number of hydrogen-bond donors (Lipinski definition) is 1. The van der Waals surface area contributed by atoms with Crippen molar-refractivity contribution in [3.05, 3.63) is 0 Å². The van der Waals surface area contributed by atoms with Crippen LogP contribution in [-0.2, 0) is 9.53 Å². The first-order valence-electron chi connectivity index (χ1n) is 4.92. The Morgan fingerprint density at radius 1 is 1.62 bits per heavy atom. The third-order valence-corrected chi connectivity index (χ3v) is 2.99. The molecule has 0 spiro atoms. The minimum atomic E-state index is -0.549. The van der Waals surface area contributed by atoms with E-state index in [-0.39, 0.29) is 5.91 Å². The van der Waals surface area contributed by atoms with Gasteiger partial charge in [-0.15, -0.1) is 0 Å². The van der Waals surface area contributed by atoms with Crippen molar-refractivity contribution in [2.24, 2.45) is 5.92 Å². The summed E-state index contributed by atoms with van der Waals surface area (Å²) in [6, 6.07) is 0. The van der Waals surface area contributed by atoms with E-state index in [4.69, 9.17) is 4.74 Å². The summed E-state index contributed by atoms with van der Waals surface area (Å²) in [6.45, 7) is 2.18. The van der Waals surface area contributed by atoms with Gasteiger partial charge in [-0.3, -0.25) is 4.79 Å². The monoisotopic (exact) mass is 185 g/mol. The zero-order valence-corrected chi connectivity index (χ0v) is 8.72. The molecule has 13 heavy (non-hydrogen) atoms. The number of hydrogen-bond acceptors (Lipinski definition) is 2. The molecule has 0 aliphatic heterocycles. The van der Waals surface area contributed by atoms with Crippen LogP contribution in [0.4, 0.5) is 0 Å². The highest BCUT2D eigenvalue weighted by molar-refractivity contribution is 5.85. The first-order valence-corrected chi connectivity index (χ1v) is 4.92. The number of methoxy groups -OCH3 is 1. The molecule has 0 radical (unpaired) electrons. The van der Waals surface area contributed by atoms with E-state index in [0.717, 1.165) is 19.3 Å².